The molecule has 0 aliphatic rings. The Hall–Kier alpha value is -3.53. The van der Waals surface area contributed by atoms with Gasteiger partial charge in [0.1, 0.15) is 5.69 Å². The highest BCUT2D eigenvalue weighted by Gasteiger charge is 2.66. The molecule has 0 saturated heterocycles. The zero-order valence-corrected chi connectivity index (χ0v) is 15.5. The summed E-state index contributed by atoms with van der Waals surface area (Å²) < 4.78 is 139. The van der Waals surface area contributed by atoms with Crippen LogP contribution in [-0.2, 0) is 14.3 Å². The zero-order chi connectivity index (χ0) is 25.6. The van der Waals surface area contributed by atoms with Crippen molar-refractivity contribution in [1.29, 1.82) is 0 Å². The Labute approximate surface area is 174 Å². The number of alkyl halides is 10. The molecule has 2 aromatic rings. The maximum absolute atomic E-state index is 13.2. The third-order valence-electron chi connectivity index (χ3n) is 3.72. The number of carbonyl (C=O) groups excluding carboxylic acids is 3. The van der Waals surface area contributed by atoms with Crippen molar-refractivity contribution in [3.8, 4) is 11.5 Å². The molecule has 1 aromatic heterocycles. The first-order chi connectivity index (χ1) is 14.8. The fraction of sp³-hybridized carbons (Fsp3) is 0.312. The summed E-state index contributed by atoms with van der Waals surface area (Å²) in [5, 5.41) is -0.323. The molecule has 2 rings (SSSR count). The van der Waals surface area contributed by atoms with Crippen molar-refractivity contribution in [3.63, 3.8) is 0 Å². The van der Waals surface area contributed by atoms with Crippen LogP contribution < -0.4 is 9.47 Å². The fourth-order valence-corrected chi connectivity index (χ4v) is 2.08. The SMILES string of the molecule is COC(=O)c1cc2cc(OC(=O)C(F)(F)C(F)(F)F)c(OC(=O)C(F)(F)C(F)(F)F)cc2[nH]1. The van der Waals surface area contributed by atoms with E-state index in [1.54, 1.807) is 0 Å². The van der Waals surface area contributed by atoms with Crippen LogP contribution in [0.15, 0.2) is 18.2 Å². The van der Waals surface area contributed by atoms with Crippen molar-refractivity contribution < 1.29 is 72.5 Å². The Balaban J connectivity index is 2.59. The Morgan fingerprint density at radius 2 is 1.15 bits per heavy atom. The number of methoxy groups -OCH3 is 1. The van der Waals surface area contributed by atoms with E-state index in [1.807, 2.05) is 0 Å². The Kier molecular flexibility index (Phi) is 6.32. The summed E-state index contributed by atoms with van der Waals surface area (Å²) in [4.78, 5) is 36.4. The lowest BCUT2D eigenvalue weighted by atomic mass is 10.2. The first-order valence-corrected chi connectivity index (χ1v) is 7.91. The number of esters is 3. The lowest BCUT2D eigenvalue weighted by molar-refractivity contribution is -0.277. The third-order valence-corrected chi connectivity index (χ3v) is 3.72. The number of carbonyl (C=O) groups is 3. The Morgan fingerprint density at radius 1 is 0.727 bits per heavy atom. The molecule has 1 N–H and O–H groups in total. The van der Waals surface area contributed by atoms with Crippen molar-refractivity contribution in [3.05, 3.63) is 23.9 Å². The van der Waals surface area contributed by atoms with E-state index >= 15 is 0 Å². The minimum Gasteiger partial charge on any atom is -0.464 e. The topological polar surface area (TPSA) is 94.7 Å². The summed E-state index contributed by atoms with van der Waals surface area (Å²) >= 11 is 0. The number of hydrogen-bond acceptors (Lipinski definition) is 6. The number of benzene rings is 1. The van der Waals surface area contributed by atoms with E-state index in [4.69, 9.17) is 0 Å². The smallest absolute Gasteiger partial charge is 0.464 e. The molecular weight excluding hydrogens is 492 g/mol. The van der Waals surface area contributed by atoms with Gasteiger partial charge in [-0.15, -0.1) is 0 Å². The van der Waals surface area contributed by atoms with Gasteiger partial charge in [-0.05, 0) is 12.1 Å². The Morgan fingerprint density at radius 3 is 1.55 bits per heavy atom. The van der Waals surface area contributed by atoms with E-state index in [-0.39, 0.29) is 5.39 Å². The van der Waals surface area contributed by atoms with Crippen molar-refractivity contribution >= 4 is 28.8 Å². The highest BCUT2D eigenvalue weighted by Crippen LogP contribution is 2.41. The van der Waals surface area contributed by atoms with Gasteiger partial charge in [0.25, 0.3) is 0 Å². The molecule has 7 nitrogen and oxygen atoms in total. The molecule has 0 atom stereocenters. The monoisotopic (exact) mass is 499 g/mol. The quantitative estimate of drug-likeness (QED) is 0.377. The molecule has 0 amide bonds. The average Bonchev–Trinajstić information content (AvgIpc) is 3.08. The van der Waals surface area contributed by atoms with Gasteiger partial charge in [0.05, 0.1) is 12.6 Å². The predicted octanol–water partition coefficient (Wildman–Crippen LogP) is 4.16. The van der Waals surface area contributed by atoms with Gasteiger partial charge in [-0.25, -0.2) is 14.4 Å². The molecule has 17 heteroatoms. The van der Waals surface area contributed by atoms with Crippen LogP contribution in [-0.4, -0.2) is 54.2 Å². The second-order valence-electron chi connectivity index (χ2n) is 5.98. The summed E-state index contributed by atoms with van der Waals surface area (Å²) in [5.41, 5.74) is -0.814. The number of hydrogen-bond donors (Lipinski definition) is 1. The molecule has 1 aromatic carbocycles. The number of nitrogens with one attached hydrogen (secondary N) is 1. The van der Waals surface area contributed by atoms with Crippen LogP contribution >= 0.6 is 0 Å². The van der Waals surface area contributed by atoms with Crippen LogP contribution in [0.25, 0.3) is 10.9 Å². The first kappa shape index (κ1) is 25.7. The molecule has 1 heterocycles. The summed E-state index contributed by atoms with van der Waals surface area (Å²) in [7, 11) is 0.909. The summed E-state index contributed by atoms with van der Waals surface area (Å²) in [6.07, 6.45) is -12.9. The Bertz CT molecular complexity index is 1020. The molecule has 0 spiro atoms. The van der Waals surface area contributed by atoms with Crippen LogP contribution in [0.2, 0.25) is 0 Å². The molecule has 0 fully saturated rings. The van der Waals surface area contributed by atoms with Crippen molar-refractivity contribution in [2.75, 3.05) is 7.11 Å². The highest BCUT2D eigenvalue weighted by atomic mass is 19.4. The number of aromatic amines is 1. The molecule has 0 bridgehead atoms. The number of halogens is 10. The van der Waals surface area contributed by atoms with Gasteiger partial charge in [0.2, 0.25) is 0 Å². The first-order valence-electron chi connectivity index (χ1n) is 7.91. The van der Waals surface area contributed by atoms with Gasteiger partial charge in [-0.3, -0.25) is 0 Å². The second kappa shape index (κ2) is 8.11. The molecular formula is C16H7F10NO6. The largest absolute Gasteiger partial charge is 0.465 e. The van der Waals surface area contributed by atoms with Crippen LogP contribution in [0, 0.1) is 0 Å². The predicted molar refractivity (Wildman–Crippen MR) is 82.9 cm³/mol. The maximum atomic E-state index is 13.2. The van der Waals surface area contributed by atoms with Crippen molar-refractivity contribution in [2.24, 2.45) is 0 Å². The van der Waals surface area contributed by atoms with Crippen LogP contribution in [0.5, 0.6) is 11.5 Å². The molecule has 33 heavy (non-hydrogen) atoms. The van der Waals surface area contributed by atoms with E-state index < -0.39 is 64.8 Å². The summed E-state index contributed by atoms with van der Waals surface area (Å²) in [6.45, 7) is 0. The van der Waals surface area contributed by atoms with Gasteiger partial charge in [-0.2, -0.15) is 43.9 Å². The minimum absolute atomic E-state index is 0.323. The molecule has 182 valence electrons. The number of H-pyrrole nitrogens is 1. The van der Waals surface area contributed by atoms with E-state index in [1.165, 1.54) is 0 Å². The number of fused-ring (bicyclic) bond motifs is 1. The summed E-state index contributed by atoms with van der Waals surface area (Å²) in [5.74, 6) is -23.2. The van der Waals surface area contributed by atoms with Gasteiger partial charge < -0.3 is 19.2 Å². The minimum atomic E-state index is -6.47. The molecule has 0 unspecified atom stereocenters. The number of aromatic nitrogens is 1. The van der Waals surface area contributed by atoms with Crippen LogP contribution in [0.4, 0.5) is 43.9 Å². The average molecular weight is 499 g/mol. The van der Waals surface area contributed by atoms with E-state index in [2.05, 4.69) is 19.2 Å². The lowest BCUT2D eigenvalue weighted by Gasteiger charge is -2.20. The molecule has 0 saturated carbocycles. The van der Waals surface area contributed by atoms with Gasteiger partial charge in [0.15, 0.2) is 11.5 Å². The fourth-order valence-electron chi connectivity index (χ4n) is 2.08. The van der Waals surface area contributed by atoms with Crippen LogP contribution in [0.3, 0.4) is 0 Å². The highest BCUT2D eigenvalue weighted by molar-refractivity contribution is 5.96. The van der Waals surface area contributed by atoms with Gasteiger partial charge in [0, 0.05) is 11.5 Å². The lowest BCUT2D eigenvalue weighted by Crippen LogP contribution is -2.47. The molecule has 0 radical (unpaired) electrons. The van der Waals surface area contributed by atoms with Crippen molar-refractivity contribution in [1.82, 2.24) is 4.98 Å². The van der Waals surface area contributed by atoms with Gasteiger partial charge in [-0.1, -0.05) is 0 Å². The number of ether oxygens (including phenoxy) is 3. The summed E-state index contributed by atoms with van der Waals surface area (Å²) in [6, 6.07) is 1.55. The van der Waals surface area contributed by atoms with E-state index in [0.717, 1.165) is 13.2 Å². The zero-order valence-electron chi connectivity index (χ0n) is 15.5. The maximum Gasteiger partial charge on any atom is 0.465 e. The second-order valence-corrected chi connectivity index (χ2v) is 5.98. The standard InChI is InChI=1S/C16H7F10NO6/c1-31-10(28)7-2-5-3-8(32-11(29)13(17,18)15(21,22)23)9(4-6(5)27-7)33-12(30)14(19,20)16(24,25)26/h2-4,27H,1H3. The molecule has 0 aliphatic heterocycles. The van der Waals surface area contributed by atoms with E-state index in [9.17, 15) is 58.3 Å². The van der Waals surface area contributed by atoms with Gasteiger partial charge >= 0.3 is 42.1 Å². The van der Waals surface area contributed by atoms with E-state index in [0.29, 0.717) is 12.1 Å². The van der Waals surface area contributed by atoms with Crippen molar-refractivity contribution in [2.45, 2.75) is 24.2 Å². The molecule has 0 aliphatic carbocycles. The normalized spacial score (nSPS) is 13.1. The van der Waals surface area contributed by atoms with Crippen LogP contribution in [0.1, 0.15) is 10.5 Å². The third kappa shape index (κ3) is 4.80. The number of rotatable bonds is 5.